The zero-order valence-electron chi connectivity index (χ0n) is 11.5. The van der Waals surface area contributed by atoms with Crippen molar-refractivity contribution in [3.8, 4) is 0 Å². The third kappa shape index (κ3) is 2.72. The minimum Gasteiger partial charge on any atom is -0.371 e. The summed E-state index contributed by atoms with van der Waals surface area (Å²) in [6.45, 7) is 1.89. The van der Waals surface area contributed by atoms with E-state index in [4.69, 9.17) is 0 Å². The third-order valence-electron chi connectivity index (χ3n) is 3.80. The summed E-state index contributed by atoms with van der Waals surface area (Å²) < 4.78 is 0. The van der Waals surface area contributed by atoms with Crippen LogP contribution in [0.3, 0.4) is 0 Å². The average molecular weight is 266 g/mol. The molecule has 0 atom stereocenters. The molecule has 1 aliphatic rings. The van der Waals surface area contributed by atoms with Gasteiger partial charge < -0.3 is 4.90 Å². The summed E-state index contributed by atoms with van der Waals surface area (Å²) >= 11 is 0. The Bertz CT molecular complexity index is 595. The highest BCUT2D eigenvalue weighted by Crippen LogP contribution is 2.26. The Labute approximate surface area is 119 Å². The van der Waals surface area contributed by atoms with Crippen molar-refractivity contribution in [1.82, 2.24) is 4.98 Å². The molecule has 0 aliphatic carbocycles. The van der Waals surface area contributed by atoms with Crippen molar-refractivity contribution in [3.05, 3.63) is 59.9 Å². The zero-order chi connectivity index (χ0) is 13.8. The minimum atomic E-state index is 0.270. The molecule has 0 unspecified atom stereocenters. The van der Waals surface area contributed by atoms with E-state index in [-0.39, 0.29) is 5.78 Å². The number of Topliss-reactive ketones (excluding diaryl/α,β-unsaturated/α-hetero) is 1. The number of carbonyl (C=O) groups is 1. The first kappa shape index (κ1) is 12.9. The number of hydrogen-bond donors (Lipinski definition) is 0. The predicted molar refractivity (Wildman–Crippen MR) is 80.2 cm³/mol. The summed E-state index contributed by atoms with van der Waals surface area (Å²) in [6, 6.07) is 12.1. The maximum atomic E-state index is 12.1. The topological polar surface area (TPSA) is 33.2 Å². The molecule has 0 saturated carbocycles. The first-order valence-electron chi connectivity index (χ1n) is 7.11. The van der Waals surface area contributed by atoms with Gasteiger partial charge in [-0.3, -0.25) is 9.78 Å². The summed E-state index contributed by atoms with van der Waals surface area (Å²) in [5.74, 6) is 0.270. The number of nitrogens with zero attached hydrogens (tertiary/aromatic N) is 2. The van der Waals surface area contributed by atoms with Crippen molar-refractivity contribution in [2.45, 2.75) is 19.3 Å². The number of benzene rings is 1. The molecule has 2 heterocycles. The molecule has 1 aromatic heterocycles. The third-order valence-corrected chi connectivity index (χ3v) is 3.80. The number of carbonyl (C=O) groups excluding carboxylic acids is 1. The summed E-state index contributed by atoms with van der Waals surface area (Å²) in [6.07, 6.45) is 6.22. The van der Waals surface area contributed by atoms with E-state index < -0.39 is 0 Å². The fraction of sp³-hybridized carbons (Fsp3) is 0.294. The van der Waals surface area contributed by atoms with E-state index in [1.165, 1.54) is 5.56 Å². The van der Waals surface area contributed by atoms with E-state index in [0.29, 0.717) is 6.42 Å². The van der Waals surface area contributed by atoms with E-state index in [0.717, 1.165) is 37.2 Å². The molecule has 0 amide bonds. The molecular weight excluding hydrogens is 248 g/mol. The smallest absolute Gasteiger partial charge is 0.165 e. The van der Waals surface area contributed by atoms with E-state index in [1.807, 2.05) is 30.6 Å². The van der Waals surface area contributed by atoms with Crippen LogP contribution in [0, 0.1) is 0 Å². The summed E-state index contributed by atoms with van der Waals surface area (Å²) in [4.78, 5) is 18.5. The molecule has 3 rings (SSSR count). The first-order chi connectivity index (χ1) is 9.84. The number of rotatable bonds is 3. The van der Waals surface area contributed by atoms with Crippen LogP contribution in [0.4, 0.5) is 5.69 Å². The van der Waals surface area contributed by atoms with Crippen LogP contribution in [0.1, 0.15) is 28.8 Å². The molecule has 3 nitrogen and oxygen atoms in total. The van der Waals surface area contributed by atoms with Crippen molar-refractivity contribution in [2.24, 2.45) is 0 Å². The Kier molecular flexibility index (Phi) is 3.77. The highest BCUT2D eigenvalue weighted by molar-refractivity contribution is 6.01. The van der Waals surface area contributed by atoms with Gasteiger partial charge in [-0.1, -0.05) is 12.1 Å². The number of ketones is 1. The van der Waals surface area contributed by atoms with Crippen molar-refractivity contribution in [2.75, 3.05) is 18.0 Å². The number of aromatic nitrogens is 1. The van der Waals surface area contributed by atoms with Gasteiger partial charge in [-0.05, 0) is 42.7 Å². The second kappa shape index (κ2) is 5.87. The highest BCUT2D eigenvalue weighted by atomic mass is 16.1. The van der Waals surface area contributed by atoms with Gasteiger partial charge in [0.2, 0.25) is 0 Å². The molecule has 0 fully saturated rings. The molecular formula is C17H18N2O. The number of anilines is 1. The number of pyridine rings is 1. The number of fused-ring (bicyclic) bond motifs is 1. The molecule has 0 spiro atoms. The lowest BCUT2D eigenvalue weighted by atomic mass is 10.1. The van der Waals surface area contributed by atoms with Gasteiger partial charge in [-0.15, -0.1) is 0 Å². The molecule has 0 radical (unpaired) electrons. The van der Waals surface area contributed by atoms with Crippen molar-refractivity contribution in [3.63, 3.8) is 0 Å². The molecule has 102 valence electrons. The Morgan fingerprint density at radius 1 is 1.10 bits per heavy atom. The largest absolute Gasteiger partial charge is 0.371 e. The lowest BCUT2D eigenvalue weighted by Gasteiger charge is -2.24. The molecule has 1 aromatic carbocycles. The zero-order valence-corrected chi connectivity index (χ0v) is 11.5. The normalized spacial score (nSPS) is 14.8. The van der Waals surface area contributed by atoms with Gasteiger partial charge >= 0.3 is 0 Å². The Morgan fingerprint density at radius 3 is 2.75 bits per heavy atom. The summed E-state index contributed by atoms with van der Waals surface area (Å²) in [5, 5.41) is 0. The maximum Gasteiger partial charge on any atom is 0.165 e. The highest BCUT2D eigenvalue weighted by Gasteiger charge is 2.19. The predicted octanol–water partition coefficient (Wildman–Crippen LogP) is 3.11. The van der Waals surface area contributed by atoms with Crippen molar-refractivity contribution < 1.29 is 4.79 Å². The van der Waals surface area contributed by atoms with Crippen LogP contribution in [0.5, 0.6) is 0 Å². The van der Waals surface area contributed by atoms with Crippen LogP contribution in [-0.4, -0.2) is 23.9 Å². The Balaban J connectivity index is 1.79. The first-order valence-corrected chi connectivity index (χ1v) is 7.11. The van der Waals surface area contributed by atoms with Gasteiger partial charge in [0.1, 0.15) is 0 Å². The van der Waals surface area contributed by atoms with Gasteiger partial charge in [0, 0.05) is 43.2 Å². The molecule has 0 bridgehead atoms. The molecule has 0 N–H and O–H groups in total. The maximum absolute atomic E-state index is 12.1. The summed E-state index contributed by atoms with van der Waals surface area (Å²) in [7, 11) is 0. The fourth-order valence-electron chi connectivity index (χ4n) is 2.72. The van der Waals surface area contributed by atoms with Gasteiger partial charge in [0.15, 0.2) is 5.78 Å². The quantitative estimate of drug-likeness (QED) is 0.856. The van der Waals surface area contributed by atoms with Crippen LogP contribution in [0.25, 0.3) is 0 Å². The minimum absolute atomic E-state index is 0.270. The molecule has 2 aromatic rings. The van der Waals surface area contributed by atoms with Crippen LogP contribution in [0.2, 0.25) is 0 Å². The molecule has 1 aliphatic heterocycles. The number of para-hydroxylation sites is 1. The molecule has 0 saturated heterocycles. The van der Waals surface area contributed by atoms with Gasteiger partial charge in [-0.25, -0.2) is 0 Å². The lowest BCUT2D eigenvalue weighted by Crippen LogP contribution is -2.26. The van der Waals surface area contributed by atoms with Crippen LogP contribution < -0.4 is 4.90 Å². The fourth-order valence-corrected chi connectivity index (χ4v) is 2.72. The summed E-state index contributed by atoms with van der Waals surface area (Å²) in [5.41, 5.74) is 3.25. The van der Waals surface area contributed by atoms with Crippen molar-refractivity contribution >= 4 is 11.5 Å². The standard InChI is InChI=1S/C17H18N2O/c20-17-6-3-12-19(16-5-2-1-4-15(16)17)13-9-14-7-10-18-11-8-14/h1-2,4-5,7-8,10-11H,3,6,9,12-13H2. The van der Waals surface area contributed by atoms with Crippen LogP contribution in [0.15, 0.2) is 48.8 Å². The van der Waals surface area contributed by atoms with E-state index in [9.17, 15) is 4.79 Å². The van der Waals surface area contributed by atoms with Crippen LogP contribution in [-0.2, 0) is 6.42 Å². The second-order valence-corrected chi connectivity index (χ2v) is 5.14. The molecule has 3 heteroatoms. The monoisotopic (exact) mass is 266 g/mol. The van der Waals surface area contributed by atoms with Crippen molar-refractivity contribution in [1.29, 1.82) is 0 Å². The second-order valence-electron chi connectivity index (χ2n) is 5.14. The SMILES string of the molecule is O=C1CCCN(CCc2ccncc2)c2ccccc21. The van der Waals surface area contributed by atoms with Crippen LogP contribution >= 0.6 is 0 Å². The van der Waals surface area contributed by atoms with Gasteiger partial charge in [0.25, 0.3) is 0 Å². The molecule has 20 heavy (non-hydrogen) atoms. The van der Waals surface area contributed by atoms with Gasteiger partial charge in [0.05, 0.1) is 0 Å². The number of hydrogen-bond acceptors (Lipinski definition) is 3. The van der Waals surface area contributed by atoms with E-state index in [2.05, 4.69) is 28.1 Å². The van der Waals surface area contributed by atoms with Gasteiger partial charge in [-0.2, -0.15) is 0 Å². The lowest BCUT2D eigenvalue weighted by molar-refractivity contribution is 0.0984. The Hall–Kier alpha value is -2.16. The van der Waals surface area contributed by atoms with E-state index >= 15 is 0 Å². The van der Waals surface area contributed by atoms with E-state index in [1.54, 1.807) is 0 Å². The Morgan fingerprint density at radius 2 is 1.90 bits per heavy atom. The average Bonchev–Trinajstić information content (AvgIpc) is 2.66.